The molecule has 178 valence electrons. The van der Waals surface area contributed by atoms with E-state index in [9.17, 15) is 21.6 Å². The lowest BCUT2D eigenvalue weighted by molar-refractivity contribution is -0.118. The molecule has 0 aliphatic rings. The van der Waals surface area contributed by atoms with Crippen LogP contribution in [-0.2, 0) is 35.9 Å². The SMILES string of the molecule is COCCn1c(=NC(=O)CCCS(=O)(=O)c2ccc(Cl)cc2)sc2cc(S(N)(=O)=O)ccc21. The Hall–Kier alpha value is -2.09. The van der Waals surface area contributed by atoms with Crippen molar-refractivity contribution in [2.45, 2.75) is 29.2 Å². The molecule has 2 aromatic carbocycles. The van der Waals surface area contributed by atoms with E-state index in [0.29, 0.717) is 33.2 Å². The number of halogens is 1. The number of amides is 1. The molecule has 3 aromatic rings. The number of sulfone groups is 1. The van der Waals surface area contributed by atoms with Crippen LogP contribution in [0.1, 0.15) is 12.8 Å². The lowest BCUT2D eigenvalue weighted by Gasteiger charge is -2.05. The van der Waals surface area contributed by atoms with Crippen molar-refractivity contribution in [2.75, 3.05) is 19.5 Å². The van der Waals surface area contributed by atoms with Crippen LogP contribution in [0.15, 0.2) is 57.2 Å². The van der Waals surface area contributed by atoms with E-state index in [-0.39, 0.29) is 28.4 Å². The number of thiazole rings is 1. The fourth-order valence-electron chi connectivity index (χ4n) is 3.05. The van der Waals surface area contributed by atoms with Gasteiger partial charge in [0.15, 0.2) is 14.6 Å². The van der Waals surface area contributed by atoms with Crippen LogP contribution in [0.25, 0.3) is 10.2 Å². The van der Waals surface area contributed by atoms with E-state index < -0.39 is 25.8 Å². The molecule has 0 radical (unpaired) electrons. The zero-order valence-corrected chi connectivity index (χ0v) is 20.8. The molecule has 0 atom stereocenters. The van der Waals surface area contributed by atoms with Gasteiger partial charge in [0.2, 0.25) is 15.9 Å². The Kier molecular flexibility index (Phi) is 8.08. The van der Waals surface area contributed by atoms with Crippen molar-refractivity contribution in [1.29, 1.82) is 0 Å². The Bertz CT molecular complexity index is 1440. The molecule has 1 amide bonds. The van der Waals surface area contributed by atoms with Gasteiger partial charge in [-0.3, -0.25) is 4.79 Å². The average molecular weight is 532 g/mol. The Morgan fingerprint density at radius 2 is 1.79 bits per heavy atom. The number of rotatable bonds is 9. The molecule has 0 saturated carbocycles. The number of nitrogens with two attached hydrogens (primary N) is 1. The standard InChI is InChI=1S/C20H22ClN3O6S3/c1-30-11-10-24-17-9-8-16(33(22,28)29)13-18(17)31-20(24)23-19(25)3-2-12-32(26,27)15-6-4-14(21)5-7-15/h4-9,13H,2-3,10-12H2,1H3,(H2,22,28,29). The second kappa shape index (κ2) is 10.5. The third-order valence-corrected chi connectivity index (χ3v) is 8.72. The normalized spacial score (nSPS) is 13.0. The second-order valence-electron chi connectivity index (χ2n) is 7.09. The van der Waals surface area contributed by atoms with Crippen LogP contribution >= 0.6 is 22.9 Å². The minimum absolute atomic E-state index is 0.0413. The summed E-state index contributed by atoms with van der Waals surface area (Å²) in [4.78, 5) is 17.1. The number of methoxy groups -OCH3 is 1. The van der Waals surface area contributed by atoms with Gasteiger partial charge in [-0.25, -0.2) is 22.0 Å². The van der Waals surface area contributed by atoms with Gasteiger partial charge in [-0.15, -0.1) is 0 Å². The number of hydrogen-bond acceptors (Lipinski definition) is 7. The molecule has 0 fully saturated rings. The fraction of sp³-hybridized carbons (Fsp3) is 0.300. The van der Waals surface area contributed by atoms with Gasteiger partial charge >= 0.3 is 0 Å². The van der Waals surface area contributed by atoms with Gasteiger partial charge in [0.1, 0.15) is 0 Å². The van der Waals surface area contributed by atoms with Crippen molar-refractivity contribution in [3.05, 3.63) is 52.3 Å². The second-order valence-corrected chi connectivity index (χ2v) is 12.2. The number of ether oxygens (including phenoxy) is 1. The van der Waals surface area contributed by atoms with Gasteiger partial charge < -0.3 is 9.30 Å². The minimum Gasteiger partial charge on any atom is -0.383 e. The van der Waals surface area contributed by atoms with E-state index in [1.54, 1.807) is 10.6 Å². The summed E-state index contributed by atoms with van der Waals surface area (Å²) in [5, 5.41) is 5.64. The number of hydrogen-bond donors (Lipinski definition) is 1. The number of sulfonamides is 1. The van der Waals surface area contributed by atoms with Crippen LogP contribution < -0.4 is 9.94 Å². The molecular formula is C20H22ClN3O6S3. The number of fused-ring (bicyclic) bond motifs is 1. The minimum atomic E-state index is -3.88. The Balaban J connectivity index is 1.81. The van der Waals surface area contributed by atoms with E-state index >= 15 is 0 Å². The van der Waals surface area contributed by atoms with Crippen LogP contribution in [0.4, 0.5) is 0 Å². The highest BCUT2D eigenvalue weighted by atomic mass is 35.5. The summed E-state index contributed by atoms with van der Waals surface area (Å²) < 4.78 is 55.6. The molecular weight excluding hydrogens is 510 g/mol. The summed E-state index contributed by atoms with van der Waals surface area (Å²) in [5.74, 6) is -0.685. The number of carbonyl (C=O) groups excluding carboxylic acids is 1. The zero-order chi connectivity index (χ0) is 24.2. The van der Waals surface area contributed by atoms with E-state index in [0.717, 1.165) is 11.3 Å². The van der Waals surface area contributed by atoms with Crippen LogP contribution in [-0.4, -0.2) is 46.8 Å². The third kappa shape index (κ3) is 6.49. The number of primary sulfonamides is 1. The first kappa shape index (κ1) is 25.5. The van der Waals surface area contributed by atoms with Crippen molar-refractivity contribution in [2.24, 2.45) is 10.1 Å². The molecule has 0 aliphatic carbocycles. The quantitative estimate of drug-likeness (QED) is 0.449. The molecule has 1 heterocycles. The number of nitrogens with zero attached hydrogens (tertiary/aromatic N) is 2. The largest absolute Gasteiger partial charge is 0.383 e. The number of aromatic nitrogens is 1. The van der Waals surface area contributed by atoms with Crippen LogP contribution in [0.3, 0.4) is 0 Å². The summed E-state index contributed by atoms with van der Waals surface area (Å²) in [6.45, 7) is 0.742. The first-order chi connectivity index (χ1) is 15.5. The van der Waals surface area contributed by atoms with Crippen molar-refractivity contribution in [3.63, 3.8) is 0 Å². The van der Waals surface area contributed by atoms with Gasteiger partial charge in [0.05, 0.1) is 32.4 Å². The van der Waals surface area contributed by atoms with Crippen molar-refractivity contribution in [1.82, 2.24) is 4.57 Å². The maximum atomic E-state index is 12.5. The topological polar surface area (TPSA) is 138 Å². The number of benzene rings is 2. The molecule has 33 heavy (non-hydrogen) atoms. The van der Waals surface area contributed by atoms with Crippen molar-refractivity contribution < 1.29 is 26.4 Å². The highest BCUT2D eigenvalue weighted by Crippen LogP contribution is 2.21. The molecule has 0 bridgehead atoms. The average Bonchev–Trinajstić information content (AvgIpc) is 3.07. The van der Waals surface area contributed by atoms with Crippen molar-refractivity contribution in [3.8, 4) is 0 Å². The maximum absolute atomic E-state index is 12.5. The predicted octanol–water partition coefficient (Wildman–Crippen LogP) is 2.33. The molecule has 13 heteroatoms. The molecule has 2 N–H and O–H groups in total. The van der Waals surface area contributed by atoms with Gasteiger partial charge in [0.25, 0.3) is 0 Å². The van der Waals surface area contributed by atoms with E-state index in [1.807, 2.05) is 0 Å². The molecule has 0 spiro atoms. The predicted molar refractivity (Wildman–Crippen MR) is 126 cm³/mol. The van der Waals surface area contributed by atoms with E-state index in [1.165, 1.54) is 43.5 Å². The van der Waals surface area contributed by atoms with Crippen LogP contribution in [0, 0.1) is 0 Å². The summed E-state index contributed by atoms with van der Waals surface area (Å²) in [6, 6.07) is 10.3. The Morgan fingerprint density at radius 3 is 2.42 bits per heavy atom. The summed E-state index contributed by atoms with van der Waals surface area (Å²) >= 11 is 6.93. The fourth-order valence-corrected chi connectivity index (χ4v) is 6.21. The third-order valence-electron chi connectivity index (χ3n) is 4.70. The maximum Gasteiger partial charge on any atom is 0.248 e. The summed E-state index contributed by atoms with van der Waals surface area (Å²) in [7, 11) is -5.88. The summed E-state index contributed by atoms with van der Waals surface area (Å²) in [5.41, 5.74) is 0.682. The molecule has 0 aliphatic heterocycles. The smallest absolute Gasteiger partial charge is 0.248 e. The zero-order valence-electron chi connectivity index (χ0n) is 17.6. The Morgan fingerprint density at radius 1 is 1.12 bits per heavy atom. The van der Waals surface area contributed by atoms with Crippen LogP contribution in [0.2, 0.25) is 5.02 Å². The molecule has 1 aromatic heterocycles. The van der Waals surface area contributed by atoms with Gasteiger partial charge in [-0.2, -0.15) is 4.99 Å². The molecule has 3 rings (SSSR count). The number of carbonyl (C=O) groups is 1. The monoisotopic (exact) mass is 531 g/mol. The lowest BCUT2D eigenvalue weighted by Crippen LogP contribution is -2.19. The highest BCUT2D eigenvalue weighted by molar-refractivity contribution is 7.91. The molecule has 9 nitrogen and oxygen atoms in total. The van der Waals surface area contributed by atoms with E-state index in [2.05, 4.69) is 4.99 Å². The van der Waals surface area contributed by atoms with Gasteiger partial charge in [-0.05, 0) is 48.9 Å². The molecule has 0 saturated heterocycles. The van der Waals surface area contributed by atoms with Gasteiger partial charge in [-0.1, -0.05) is 22.9 Å². The Labute approximate surface area is 200 Å². The van der Waals surface area contributed by atoms with Crippen LogP contribution in [0.5, 0.6) is 0 Å². The first-order valence-corrected chi connectivity index (χ1v) is 14.1. The lowest BCUT2D eigenvalue weighted by atomic mass is 10.3. The van der Waals surface area contributed by atoms with E-state index in [4.69, 9.17) is 21.5 Å². The first-order valence-electron chi connectivity index (χ1n) is 9.72. The molecule has 0 unspecified atom stereocenters. The van der Waals surface area contributed by atoms with Gasteiger partial charge in [0, 0.05) is 25.1 Å². The summed E-state index contributed by atoms with van der Waals surface area (Å²) in [6.07, 6.45) is 0.0413. The highest BCUT2D eigenvalue weighted by Gasteiger charge is 2.16. The van der Waals surface area contributed by atoms with Crippen molar-refractivity contribution >= 4 is 58.9 Å².